The average Bonchev–Trinajstić information content (AvgIpc) is 2.33. The van der Waals surface area contributed by atoms with Crippen LogP contribution in [0, 0.1) is 0 Å². The number of rotatable bonds is 7. The van der Waals surface area contributed by atoms with Crippen LogP contribution in [0.3, 0.4) is 0 Å². The molecule has 0 aliphatic rings. The molecule has 0 aliphatic heterocycles. The van der Waals surface area contributed by atoms with E-state index in [1.54, 1.807) is 0 Å². The molecule has 96 valence electrons. The van der Waals surface area contributed by atoms with Crippen molar-refractivity contribution in [3.05, 3.63) is 30.3 Å². The van der Waals surface area contributed by atoms with Crippen molar-refractivity contribution in [3.63, 3.8) is 0 Å². The molecule has 0 unspecified atom stereocenters. The lowest BCUT2D eigenvalue weighted by Crippen LogP contribution is -2.15. The summed E-state index contributed by atoms with van der Waals surface area (Å²) in [6.45, 7) is 2.58. The Morgan fingerprint density at radius 3 is 2.53 bits per heavy atom. The van der Waals surface area contributed by atoms with Crippen molar-refractivity contribution >= 4 is 5.97 Å². The molecular weight excluding hydrogens is 218 g/mol. The summed E-state index contributed by atoms with van der Waals surface area (Å²) in [6.07, 6.45) is 3.14. The number of carbonyl (C=O) groups is 1. The molecule has 17 heavy (non-hydrogen) atoms. The van der Waals surface area contributed by atoms with E-state index in [2.05, 4.69) is 6.92 Å². The second kappa shape index (κ2) is 9.66. The topological polar surface area (TPSA) is 70.5 Å². The zero-order chi connectivity index (χ0) is 11.6. The van der Waals surface area contributed by atoms with Crippen LogP contribution >= 0.6 is 0 Å². The third-order valence-corrected chi connectivity index (χ3v) is 2.11. The number of carbonyl (C=O) groups excluding carboxylic acids is 1. The Kier molecular flexibility index (Phi) is 8.78. The third kappa shape index (κ3) is 7.36. The molecule has 0 amide bonds. The highest BCUT2D eigenvalue weighted by Gasteiger charge is 2.03. The Hall–Kier alpha value is -1.55. The second-order valence-corrected chi connectivity index (χ2v) is 3.53. The van der Waals surface area contributed by atoms with E-state index in [9.17, 15) is 4.79 Å². The fraction of sp³-hybridized carbons (Fsp3) is 0.462. The Labute approximate surface area is 103 Å². The van der Waals surface area contributed by atoms with Crippen LogP contribution in [0.4, 0.5) is 0 Å². The average molecular weight is 239 g/mol. The predicted molar refractivity (Wildman–Crippen MR) is 67.4 cm³/mol. The number of para-hydroxylation sites is 1. The van der Waals surface area contributed by atoms with Gasteiger partial charge in [-0.05, 0) is 18.6 Å². The highest BCUT2D eigenvalue weighted by Crippen LogP contribution is 2.07. The maximum atomic E-state index is 11.2. The van der Waals surface area contributed by atoms with E-state index >= 15 is 0 Å². The van der Waals surface area contributed by atoms with Crippen LogP contribution < -0.4 is 10.9 Å². The van der Waals surface area contributed by atoms with Gasteiger partial charge in [-0.3, -0.25) is 0 Å². The molecule has 0 fully saturated rings. The molecule has 0 saturated heterocycles. The molecule has 4 heteroatoms. The number of hydrogen-bond acceptors (Lipinski definition) is 4. The molecule has 0 spiro atoms. The van der Waals surface area contributed by atoms with Crippen LogP contribution in [0.5, 0.6) is 5.75 Å². The van der Waals surface area contributed by atoms with E-state index in [4.69, 9.17) is 9.47 Å². The van der Waals surface area contributed by atoms with Gasteiger partial charge in [-0.2, -0.15) is 0 Å². The maximum Gasteiger partial charge on any atom is 0.344 e. The molecule has 0 radical (unpaired) electrons. The summed E-state index contributed by atoms with van der Waals surface area (Å²) in [5, 5.41) is 0. The summed E-state index contributed by atoms with van der Waals surface area (Å²) in [6, 6.07) is 9.24. The molecule has 0 aromatic heterocycles. The van der Waals surface area contributed by atoms with E-state index in [0.29, 0.717) is 12.4 Å². The van der Waals surface area contributed by atoms with Gasteiger partial charge in [0.25, 0.3) is 0 Å². The Balaban J connectivity index is 0.00000256. The molecule has 1 aromatic carbocycles. The lowest BCUT2D eigenvalue weighted by atomic mass is 10.3. The monoisotopic (exact) mass is 239 g/mol. The van der Waals surface area contributed by atoms with Crippen LogP contribution in [0.1, 0.15) is 26.2 Å². The molecule has 0 saturated carbocycles. The summed E-state index contributed by atoms with van der Waals surface area (Å²) in [7, 11) is 0. The van der Waals surface area contributed by atoms with Gasteiger partial charge >= 0.3 is 5.97 Å². The van der Waals surface area contributed by atoms with Crippen molar-refractivity contribution in [2.75, 3.05) is 13.2 Å². The van der Waals surface area contributed by atoms with Crippen molar-refractivity contribution in [2.45, 2.75) is 26.2 Å². The first-order valence-corrected chi connectivity index (χ1v) is 5.66. The Bertz CT molecular complexity index is 301. The van der Waals surface area contributed by atoms with Crippen molar-refractivity contribution in [1.82, 2.24) is 6.15 Å². The summed E-state index contributed by atoms with van der Waals surface area (Å²) in [5.74, 6) is 0.382. The number of hydrogen-bond donors (Lipinski definition) is 1. The quantitative estimate of drug-likeness (QED) is 0.586. The summed E-state index contributed by atoms with van der Waals surface area (Å²) in [4.78, 5) is 11.2. The van der Waals surface area contributed by atoms with E-state index < -0.39 is 0 Å². The maximum absolute atomic E-state index is 11.2. The van der Waals surface area contributed by atoms with Crippen molar-refractivity contribution in [2.24, 2.45) is 0 Å². The second-order valence-electron chi connectivity index (χ2n) is 3.53. The smallest absolute Gasteiger partial charge is 0.344 e. The van der Waals surface area contributed by atoms with Crippen molar-refractivity contribution in [3.8, 4) is 5.75 Å². The lowest BCUT2D eigenvalue weighted by molar-refractivity contribution is -0.146. The molecule has 1 rings (SSSR count). The molecule has 0 heterocycles. The third-order valence-electron chi connectivity index (χ3n) is 2.11. The fourth-order valence-corrected chi connectivity index (χ4v) is 1.24. The van der Waals surface area contributed by atoms with Gasteiger partial charge in [0.2, 0.25) is 0 Å². The standard InChI is InChI=1S/C13H18O3.H3N/c1-2-3-7-10-15-13(14)11-16-12-8-5-4-6-9-12;/h4-6,8-9H,2-3,7,10-11H2,1H3;1H3. The first kappa shape index (κ1) is 15.4. The van der Waals surface area contributed by atoms with Crippen LogP contribution in [0.15, 0.2) is 30.3 Å². The SMILES string of the molecule is CCCCCOC(=O)COc1ccccc1.N. The zero-order valence-corrected chi connectivity index (χ0v) is 10.4. The van der Waals surface area contributed by atoms with E-state index in [-0.39, 0.29) is 18.7 Å². The minimum atomic E-state index is -0.306. The van der Waals surface area contributed by atoms with Gasteiger partial charge < -0.3 is 15.6 Å². The fourth-order valence-electron chi connectivity index (χ4n) is 1.24. The van der Waals surface area contributed by atoms with Gasteiger partial charge in [0, 0.05) is 0 Å². The molecule has 0 aliphatic carbocycles. The predicted octanol–water partition coefficient (Wildman–Crippen LogP) is 2.96. The lowest BCUT2D eigenvalue weighted by Gasteiger charge is -2.06. The number of esters is 1. The number of benzene rings is 1. The number of ether oxygens (including phenoxy) is 2. The van der Waals surface area contributed by atoms with Crippen LogP contribution in [-0.4, -0.2) is 19.2 Å². The molecular formula is C13H21NO3. The van der Waals surface area contributed by atoms with Gasteiger partial charge in [0.15, 0.2) is 6.61 Å². The summed E-state index contributed by atoms with van der Waals surface area (Å²) >= 11 is 0. The largest absolute Gasteiger partial charge is 0.482 e. The van der Waals surface area contributed by atoms with E-state index in [0.717, 1.165) is 19.3 Å². The highest BCUT2D eigenvalue weighted by atomic mass is 16.6. The van der Waals surface area contributed by atoms with E-state index in [1.165, 1.54) is 0 Å². The number of unbranched alkanes of at least 4 members (excludes halogenated alkanes) is 2. The van der Waals surface area contributed by atoms with Gasteiger partial charge in [0.1, 0.15) is 5.75 Å². The van der Waals surface area contributed by atoms with Crippen LogP contribution in [0.2, 0.25) is 0 Å². The molecule has 0 bridgehead atoms. The van der Waals surface area contributed by atoms with Crippen molar-refractivity contribution in [1.29, 1.82) is 0 Å². The first-order valence-electron chi connectivity index (χ1n) is 5.66. The minimum absolute atomic E-state index is 0. The van der Waals surface area contributed by atoms with Gasteiger partial charge in [-0.1, -0.05) is 38.0 Å². The van der Waals surface area contributed by atoms with Crippen molar-refractivity contribution < 1.29 is 14.3 Å². The molecule has 3 N–H and O–H groups in total. The Morgan fingerprint density at radius 2 is 1.88 bits per heavy atom. The minimum Gasteiger partial charge on any atom is -0.482 e. The summed E-state index contributed by atoms with van der Waals surface area (Å²) < 4.78 is 10.3. The molecule has 0 atom stereocenters. The van der Waals surface area contributed by atoms with Gasteiger partial charge in [-0.25, -0.2) is 4.79 Å². The molecule has 1 aromatic rings. The van der Waals surface area contributed by atoms with Gasteiger partial charge in [-0.15, -0.1) is 0 Å². The Morgan fingerprint density at radius 1 is 1.18 bits per heavy atom. The molecule has 4 nitrogen and oxygen atoms in total. The highest BCUT2D eigenvalue weighted by molar-refractivity contribution is 5.71. The summed E-state index contributed by atoms with van der Waals surface area (Å²) in [5.41, 5.74) is 0. The first-order chi connectivity index (χ1) is 7.83. The van der Waals surface area contributed by atoms with Crippen LogP contribution in [0.25, 0.3) is 0 Å². The normalized spacial score (nSPS) is 9.24. The van der Waals surface area contributed by atoms with Crippen LogP contribution in [-0.2, 0) is 9.53 Å². The van der Waals surface area contributed by atoms with Gasteiger partial charge in [0.05, 0.1) is 6.61 Å². The van der Waals surface area contributed by atoms with E-state index in [1.807, 2.05) is 30.3 Å². The zero-order valence-electron chi connectivity index (χ0n) is 10.4.